The molecule has 0 unspecified atom stereocenters. The molecule has 0 spiro atoms. The van der Waals surface area contributed by atoms with Crippen molar-refractivity contribution in [1.29, 1.82) is 0 Å². The third-order valence-electron chi connectivity index (χ3n) is 2.59. The smallest absolute Gasteiger partial charge is 0.261 e. The van der Waals surface area contributed by atoms with E-state index in [1.807, 2.05) is 24.3 Å². The minimum Gasteiger partial charge on any atom is -0.431 e. The van der Waals surface area contributed by atoms with E-state index in [0.717, 1.165) is 11.8 Å². The minimum atomic E-state index is 0.470. The number of carbonyl (C=O) groups excluding carboxylic acids is 1. The van der Waals surface area contributed by atoms with Gasteiger partial charge in [0, 0.05) is 10.5 Å². The molecule has 2 aromatic carbocycles. The molecule has 0 N–H and O–H groups in total. The van der Waals surface area contributed by atoms with Gasteiger partial charge in [-0.15, -0.1) is 0 Å². The number of aromatic nitrogens is 1. The zero-order chi connectivity index (χ0) is 13.2. The third kappa shape index (κ3) is 2.37. The second-order valence-corrected chi connectivity index (χ2v) is 5.19. The van der Waals surface area contributed by atoms with Crippen molar-refractivity contribution in [2.24, 2.45) is 0 Å². The molecule has 0 saturated heterocycles. The van der Waals surface area contributed by atoms with Crippen LogP contribution in [-0.4, -0.2) is 11.3 Å². The van der Waals surface area contributed by atoms with E-state index in [9.17, 15) is 4.79 Å². The quantitative estimate of drug-likeness (QED) is 0.668. The summed E-state index contributed by atoms with van der Waals surface area (Å²) >= 11 is 7.36. The Bertz CT molecular complexity index is 721. The van der Waals surface area contributed by atoms with Crippen molar-refractivity contribution < 1.29 is 9.21 Å². The summed E-state index contributed by atoms with van der Waals surface area (Å²) in [6.07, 6.45) is 0.775. The number of nitrogens with zero attached hydrogens (tertiary/aromatic N) is 1. The first-order valence-electron chi connectivity index (χ1n) is 5.55. The molecule has 3 rings (SSSR count). The summed E-state index contributed by atoms with van der Waals surface area (Å²) < 4.78 is 5.60. The van der Waals surface area contributed by atoms with Crippen LogP contribution in [0, 0.1) is 0 Å². The lowest BCUT2D eigenvalue weighted by Gasteiger charge is -2.03. The Morgan fingerprint density at radius 3 is 2.79 bits per heavy atom. The Balaban J connectivity index is 2.03. The fourth-order valence-electron chi connectivity index (χ4n) is 1.71. The molecule has 0 aliphatic heterocycles. The van der Waals surface area contributed by atoms with Gasteiger partial charge in [-0.3, -0.25) is 4.79 Å². The molecule has 0 saturated carbocycles. The highest BCUT2D eigenvalue weighted by molar-refractivity contribution is 7.99. The Labute approximate surface area is 118 Å². The predicted octanol–water partition coefficient (Wildman–Crippen LogP) is 4.44. The predicted molar refractivity (Wildman–Crippen MR) is 75.0 cm³/mol. The molecule has 0 fully saturated rings. The Kier molecular flexibility index (Phi) is 3.27. The van der Waals surface area contributed by atoms with Crippen LogP contribution in [0.25, 0.3) is 11.1 Å². The maximum Gasteiger partial charge on any atom is 0.261 e. The van der Waals surface area contributed by atoms with Gasteiger partial charge in [-0.2, -0.15) is 0 Å². The fourth-order valence-corrected chi connectivity index (χ4v) is 2.86. The molecule has 0 atom stereocenters. The van der Waals surface area contributed by atoms with Crippen molar-refractivity contribution in [2.75, 3.05) is 0 Å². The average molecular weight is 290 g/mol. The van der Waals surface area contributed by atoms with Crippen LogP contribution in [0.5, 0.6) is 0 Å². The number of hydrogen-bond donors (Lipinski definition) is 0. The number of hydrogen-bond acceptors (Lipinski definition) is 4. The van der Waals surface area contributed by atoms with E-state index >= 15 is 0 Å². The number of halogens is 1. The topological polar surface area (TPSA) is 43.1 Å². The summed E-state index contributed by atoms with van der Waals surface area (Å²) in [4.78, 5) is 16.0. The lowest BCUT2D eigenvalue weighted by atomic mass is 10.2. The maximum atomic E-state index is 11.0. The fraction of sp³-hybridized carbons (Fsp3) is 0. The van der Waals surface area contributed by atoms with Crippen LogP contribution in [-0.2, 0) is 0 Å². The highest BCUT2D eigenvalue weighted by Gasteiger charge is 2.12. The molecule has 0 radical (unpaired) electrons. The summed E-state index contributed by atoms with van der Waals surface area (Å²) in [7, 11) is 0. The summed E-state index contributed by atoms with van der Waals surface area (Å²) in [5, 5.41) is 0.981. The zero-order valence-corrected chi connectivity index (χ0v) is 11.2. The lowest BCUT2D eigenvalue weighted by molar-refractivity contribution is 0.112. The van der Waals surface area contributed by atoms with E-state index in [1.54, 1.807) is 18.2 Å². The Morgan fingerprint density at radius 1 is 1.16 bits per heavy atom. The second kappa shape index (κ2) is 5.07. The van der Waals surface area contributed by atoms with Crippen molar-refractivity contribution in [3.8, 4) is 0 Å². The van der Waals surface area contributed by atoms with Crippen LogP contribution >= 0.6 is 23.4 Å². The van der Waals surface area contributed by atoms with Gasteiger partial charge in [0.25, 0.3) is 5.22 Å². The molecule has 5 heteroatoms. The largest absolute Gasteiger partial charge is 0.431 e. The standard InChI is InChI=1S/C14H8ClNO2S/c15-10-5-3-4-9(8-17)13(10)19-14-16-11-6-1-2-7-12(11)18-14/h1-8H. The van der Waals surface area contributed by atoms with Gasteiger partial charge in [-0.05, 0) is 30.0 Å². The molecule has 1 heterocycles. The van der Waals surface area contributed by atoms with E-state index in [2.05, 4.69) is 4.98 Å². The number of oxazole rings is 1. The van der Waals surface area contributed by atoms with Gasteiger partial charge in [0.05, 0.1) is 5.02 Å². The number of carbonyl (C=O) groups is 1. The first-order valence-corrected chi connectivity index (χ1v) is 6.74. The SMILES string of the molecule is O=Cc1cccc(Cl)c1Sc1nc2ccccc2o1. The second-order valence-electron chi connectivity index (χ2n) is 3.83. The summed E-state index contributed by atoms with van der Waals surface area (Å²) in [5.74, 6) is 0. The van der Waals surface area contributed by atoms with Gasteiger partial charge >= 0.3 is 0 Å². The van der Waals surface area contributed by atoms with Crippen LogP contribution in [0.4, 0.5) is 0 Å². The molecular weight excluding hydrogens is 282 g/mol. The van der Waals surface area contributed by atoms with E-state index in [4.69, 9.17) is 16.0 Å². The number of para-hydroxylation sites is 2. The molecule has 3 aromatic rings. The monoisotopic (exact) mass is 289 g/mol. The van der Waals surface area contributed by atoms with E-state index in [1.165, 1.54) is 11.8 Å². The van der Waals surface area contributed by atoms with Crippen LogP contribution in [0.3, 0.4) is 0 Å². The highest BCUT2D eigenvalue weighted by Crippen LogP contribution is 2.36. The molecule has 0 aliphatic rings. The summed E-state index contributed by atoms with van der Waals surface area (Å²) in [6.45, 7) is 0. The van der Waals surface area contributed by atoms with Crippen LogP contribution in [0.1, 0.15) is 10.4 Å². The number of fused-ring (bicyclic) bond motifs is 1. The van der Waals surface area contributed by atoms with Crippen molar-refractivity contribution >= 4 is 40.7 Å². The van der Waals surface area contributed by atoms with Crippen LogP contribution in [0.15, 0.2) is 57.0 Å². The Morgan fingerprint density at radius 2 is 2.00 bits per heavy atom. The molecule has 0 amide bonds. The number of benzene rings is 2. The zero-order valence-electron chi connectivity index (χ0n) is 9.67. The van der Waals surface area contributed by atoms with Gasteiger partial charge in [-0.25, -0.2) is 4.98 Å². The molecule has 1 aromatic heterocycles. The molecule has 0 aliphatic carbocycles. The first kappa shape index (κ1) is 12.3. The number of aldehydes is 1. The van der Waals surface area contributed by atoms with Crippen molar-refractivity contribution in [3.63, 3.8) is 0 Å². The van der Waals surface area contributed by atoms with Crippen LogP contribution in [0.2, 0.25) is 5.02 Å². The van der Waals surface area contributed by atoms with Gasteiger partial charge < -0.3 is 4.42 Å². The first-order chi connectivity index (χ1) is 9.28. The van der Waals surface area contributed by atoms with Crippen LogP contribution < -0.4 is 0 Å². The van der Waals surface area contributed by atoms with Crippen molar-refractivity contribution in [3.05, 3.63) is 53.1 Å². The van der Waals surface area contributed by atoms with E-state index in [-0.39, 0.29) is 0 Å². The van der Waals surface area contributed by atoms with Gasteiger partial charge in [-0.1, -0.05) is 35.9 Å². The van der Waals surface area contributed by atoms with Gasteiger partial charge in [0.1, 0.15) is 5.52 Å². The molecule has 3 nitrogen and oxygen atoms in total. The highest BCUT2D eigenvalue weighted by atomic mass is 35.5. The normalized spacial score (nSPS) is 10.8. The third-order valence-corrected chi connectivity index (χ3v) is 4.02. The summed E-state index contributed by atoms with van der Waals surface area (Å²) in [5.41, 5.74) is 2.02. The van der Waals surface area contributed by atoms with E-state index in [0.29, 0.717) is 26.3 Å². The maximum absolute atomic E-state index is 11.0. The minimum absolute atomic E-state index is 0.470. The molecule has 0 bridgehead atoms. The Hall–Kier alpha value is -1.78. The van der Waals surface area contributed by atoms with Crippen molar-refractivity contribution in [2.45, 2.75) is 10.1 Å². The van der Waals surface area contributed by atoms with E-state index < -0.39 is 0 Å². The molecule has 94 valence electrons. The van der Waals surface area contributed by atoms with Gasteiger partial charge in [0.15, 0.2) is 11.9 Å². The summed E-state index contributed by atoms with van der Waals surface area (Å²) in [6, 6.07) is 12.7. The number of rotatable bonds is 3. The molecule has 19 heavy (non-hydrogen) atoms. The average Bonchev–Trinajstić information content (AvgIpc) is 2.83. The van der Waals surface area contributed by atoms with Crippen molar-refractivity contribution in [1.82, 2.24) is 4.98 Å². The van der Waals surface area contributed by atoms with Gasteiger partial charge in [0.2, 0.25) is 0 Å². The molecular formula is C14H8ClNO2S. The lowest BCUT2D eigenvalue weighted by Crippen LogP contribution is -1.86.